The number of amides is 1. The largest absolute Gasteiger partial charge is 0.351 e. The molecule has 1 heterocycles. The molecule has 0 atom stereocenters. The zero-order valence-electron chi connectivity index (χ0n) is 8.23. The highest BCUT2D eigenvalue weighted by atomic mass is 16.1. The minimum Gasteiger partial charge on any atom is -0.351 e. The first-order valence-corrected chi connectivity index (χ1v) is 5.20. The lowest BCUT2D eigenvalue weighted by molar-refractivity contribution is -0.122. The van der Waals surface area contributed by atoms with Crippen molar-refractivity contribution in [2.24, 2.45) is 5.92 Å². The van der Waals surface area contributed by atoms with E-state index in [0.717, 1.165) is 38.3 Å². The fourth-order valence-corrected chi connectivity index (χ4v) is 1.60. The maximum Gasteiger partial charge on any atom is 0.220 e. The van der Waals surface area contributed by atoms with Crippen LogP contribution >= 0.6 is 0 Å². The highest BCUT2D eigenvalue weighted by Crippen LogP contribution is 2.34. The van der Waals surface area contributed by atoms with Gasteiger partial charge in [-0.1, -0.05) is 0 Å². The van der Waals surface area contributed by atoms with E-state index < -0.39 is 0 Å². The third-order valence-electron chi connectivity index (χ3n) is 3.09. The topological polar surface area (TPSA) is 41.1 Å². The molecule has 1 aliphatic heterocycles. The monoisotopic (exact) mass is 182 g/mol. The maximum absolute atomic E-state index is 11.4. The molecule has 1 saturated heterocycles. The van der Waals surface area contributed by atoms with Crippen molar-refractivity contribution in [3.63, 3.8) is 0 Å². The molecule has 0 bridgehead atoms. The molecule has 0 aromatic heterocycles. The van der Waals surface area contributed by atoms with Crippen molar-refractivity contribution in [2.75, 3.05) is 13.1 Å². The first-order chi connectivity index (χ1) is 6.18. The number of nitrogens with one attached hydrogen (secondary N) is 2. The second-order valence-electron chi connectivity index (χ2n) is 4.67. The van der Waals surface area contributed by atoms with E-state index in [9.17, 15) is 4.79 Å². The van der Waals surface area contributed by atoms with Crippen LogP contribution in [-0.4, -0.2) is 24.5 Å². The van der Waals surface area contributed by atoms with Crippen LogP contribution < -0.4 is 10.6 Å². The molecule has 0 spiro atoms. The van der Waals surface area contributed by atoms with Crippen LogP contribution in [0.1, 0.15) is 32.6 Å². The van der Waals surface area contributed by atoms with E-state index in [-0.39, 0.29) is 11.4 Å². The first-order valence-electron chi connectivity index (χ1n) is 5.20. The van der Waals surface area contributed by atoms with Crippen LogP contribution in [0.25, 0.3) is 0 Å². The van der Waals surface area contributed by atoms with E-state index in [1.165, 1.54) is 0 Å². The summed E-state index contributed by atoms with van der Waals surface area (Å²) >= 11 is 0. The van der Waals surface area contributed by atoms with Crippen LogP contribution in [0.2, 0.25) is 0 Å². The van der Waals surface area contributed by atoms with Crippen LogP contribution in [0.15, 0.2) is 0 Å². The summed E-state index contributed by atoms with van der Waals surface area (Å²) in [6.45, 7) is 4.32. The molecule has 2 rings (SSSR count). The van der Waals surface area contributed by atoms with Crippen molar-refractivity contribution >= 4 is 5.91 Å². The number of hydrogen-bond donors (Lipinski definition) is 2. The van der Waals surface area contributed by atoms with E-state index in [4.69, 9.17) is 0 Å². The first kappa shape index (κ1) is 9.00. The fraction of sp³-hybridized carbons (Fsp3) is 0.900. The second kappa shape index (κ2) is 3.29. The molecule has 0 aromatic carbocycles. The number of carbonyl (C=O) groups excluding carboxylic acids is 1. The molecule has 3 nitrogen and oxygen atoms in total. The van der Waals surface area contributed by atoms with Gasteiger partial charge < -0.3 is 10.6 Å². The van der Waals surface area contributed by atoms with E-state index in [0.29, 0.717) is 6.42 Å². The standard InChI is InChI=1S/C10H18N2O/c1-10(4-5-10)12-9(13)3-2-8-6-11-7-8/h8,11H,2-7H2,1H3,(H,12,13). The average Bonchev–Trinajstić information content (AvgIpc) is 2.64. The normalized spacial score (nSPS) is 25.0. The SMILES string of the molecule is CC1(NC(=O)CCC2CNC2)CC1. The van der Waals surface area contributed by atoms with Gasteiger partial charge in [-0.05, 0) is 45.2 Å². The molecule has 13 heavy (non-hydrogen) atoms. The summed E-state index contributed by atoms with van der Waals surface area (Å²) in [6, 6.07) is 0. The lowest BCUT2D eigenvalue weighted by Crippen LogP contribution is -2.43. The molecule has 1 amide bonds. The van der Waals surface area contributed by atoms with Gasteiger partial charge >= 0.3 is 0 Å². The summed E-state index contributed by atoms with van der Waals surface area (Å²) in [5, 5.41) is 6.29. The minimum absolute atomic E-state index is 0.162. The van der Waals surface area contributed by atoms with Crippen molar-refractivity contribution in [1.82, 2.24) is 10.6 Å². The molecule has 2 fully saturated rings. The summed E-state index contributed by atoms with van der Waals surface area (Å²) in [5.41, 5.74) is 0.162. The maximum atomic E-state index is 11.4. The smallest absolute Gasteiger partial charge is 0.220 e. The highest BCUT2D eigenvalue weighted by molar-refractivity contribution is 5.77. The quantitative estimate of drug-likeness (QED) is 0.670. The Morgan fingerprint density at radius 1 is 1.54 bits per heavy atom. The molecule has 1 aliphatic carbocycles. The van der Waals surface area contributed by atoms with Gasteiger partial charge in [0.2, 0.25) is 5.91 Å². The Bertz CT molecular complexity index is 207. The Balaban J connectivity index is 1.60. The van der Waals surface area contributed by atoms with Gasteiger partial charge in [0.05, 0.1) is 0 Å². The van der Waals surface area contributed by atoms with E-state index in [2.05, 4.69) is 17.6 Å². The summed E-state index contributed by atoms with van der Waals surface area (Å²) in [4.78, 5) is 11.4. The van der Waals surface area contributed by atoms with Crippen molar-refractivity contribution < 1.29 is 4.79 Å². The Morgan fingerprint density at radius 3 is 2.69 bits per heavy atom. The van der Waals surface area contributed by atoms with Gasteiger partial charge in [-0.3, -0.25) is 4.79 Å². The van der Waals surface area contributed by atoms with Crippen LogP contribution in [-0.2, 0) is 4.79 Å². The van der Waals surface area contributed by atoms with Gasteiger partial charge in [0.15, 0.2) is 0 Å². The molecule has 2 aliphatic rings. The molecule has 0 aromatic rings. The average molecular weight is 182 g/mol. The van der Waals surface area contributed by atoms with Gasteiger partial charge in [0, 0.05) is 12.0 Å². The Hall–Kier alpha value is -0.570. The molecule has 0 radical (unpaired) electrons. The fourth-order valence-electron chi connectivity index (χ4n) is 1.60. The number of rotatable bonds is 4. The van der Waals surface area contributed by atoms with Gasteiger partial charge in [-0.25, -0.2) is 0 Å². The highest BCUT2D eigenvalue weighted by Gasteiger charge is 2.38. The molecule has 3 heteroatoms. The number of hydrogen-bond acceptors (Lipinski definition) is 2. The molecule has 1 saturated carbocycles. The van der Waals surface area contributed by atoms with Crippen LogP contribution in [0.4, 0.5) is 0 Å². The predicted molar refractivity (Wildman–Crippen MR) is 51.4 cm³/mol. The molecule has 74 valence electrons. The summed E-state index contributed by atoms with van der Waals surface area (Å²) < 4.78 is 0. The van der Waals surface area contributed by atoms with Crippen LogP contribution in [0.3, 0.4) is 0 Å². The van der Waals surface area contributed by atoms with Gasteiger partial charge in [0.25, 0.3) is 0 Å². The third kappa shape index (κ3) is 2.44. The second-order valence-corrected chi connectivity index (χ2v) is 4.67. The summed E-state index contributed by atoms with van der Waals surface area (Å²) in [6.07, 6.45) is 4.07. The van der Waals surface area contributed by atoms with Crippen molar-refractivity contribution in [1.29, 1.82) is 0 Å². The Labute approximate surface area is 79.3 Å². The van der Waals surface area contributed by atoms with E-state index >= 15 is 0 Å². The van der Waals surface area contributed by atoms with Crippen molar-refractivity contribution in [3.8, 4) is 0 Å². The van der Waals surface area contributed by atoms with Crippen molar-refractivity contribution in [3.05, 3.63) is 0 Å². The summed E-state index contributed by atoms with van der Waals surface area (Å²) in [5.74, 6) is 0.990. The van der Waals surface area contributed by atoms with Gasteiger partial charge in [-0.2, -0.15) is 0 Å². The Kier molecular flexibility index (Phi) is 2.28. The summed E-state index contributed by atoms with van der Waals surface area (Å²) in [7, 11) is 0. The minimum atomic E-state index is 0.162. The lowest BCUT2D eigenvalue weighted by atomic mass is 9.97. The predicted octanol–water partition coefficient (Wildman–Crippen LogP) is 0.655. The van der Waals surface area contributed by atoms with Gasteiger partial charge in [0.1, 0.15) is 0 Å². The van der Waals surface area contributed by atoms with Gasteiger partial charge in [-0.15, -0.1) is 0 Å². The Morgan fingerprint density at radius 2 is 2.23 bits per heavy atom. The lowest BCUT2D eigenvalue weighted by Gasteiger charge is -2.26. The van der Waals surface area contributed by atoms with Crippen LogP contribution in [0.5, 0.6) is 0 Å². The molecular formula is C10H18N2O. The van der Waals surface area contributed by atoms with Crippen molar-refractivity contribution in [2.45, 2.75) is 38.1 Å². The zero-order chi connectivity index (χ0) is 9.31. The zero-order valence-corrected chi connectivity index (χ0v) is 8.23. The van der Waals surface area contributed by atoms with Crippen LogP contribution in [0, 0.1) is 5.92 Å². The molecule has 0 unspecified atom stereocenters. The van der Waals surface area contributed by atoms with E-state index in [1.54, 1.807) is 0 Å². The van der Waals surface area contributed by atoms with E-state index in [1.807, 2.05) is 0 Å². The molecule has 2 N–H and O–H groups in total. The number of carbonyl (C=O) groups is 1. The molecular weight excluding hydrogens is 164 g/mol. The third-order valence-corrected chi connectivity index (χ3v) is 3.09.